The Morgan fingerprint density at radius 3 is 2.40 bits per heavy atom. The normalized spacial score (nSPS) is 18.4. The van der Waals surface area contributed by atoms with Gasteiger partial charge in [-0.2, -0.15) is 0 Å². The van der Waals surface area contributed by atoms with Crippen molar-refractivity contribution in [3.05, 3.63) is 24.3 Å². The molecule has 2 N–H and O–H groups in total. The average molecular weight is 277 g/mol. The van der Waals surface area contributed by atoms with Crippen molar-refractivity contribution in [2.24, 2.45) is 11.7 Å². The number of para-hydroxylation sites is 2. The van der Waals surface area contributed by atoms with Crippen molar-refractivity contribution in [1.29, 1.82) is 0 Å². The van der Waals surface area contributed by atoms with Gasteiger partial charge in [-0.15, -0.1) is 0 Å². The van der Waals surface area contributed by atoms with Crippen LogP contribution in [-0.2, 0) is 0 Å². The summed E-state index contributed by atoms with van der Waals surface area (Å²) in [5.41, 5.74) is 7.36. The summed E-state index contributed by atoms with van der Waals surface area (Å²) in [4.78, 5) is 4.87. The molecule has 1 heterocycles. The van der Waals surface area contributed by atoms with Gasteiger partial charge in [0.1, 0.15) is 5.75 Å². The zero-order valence-corrected chi connectivity index (χ0v) is 12.9. The van der Waals surface area contributed by atoms with Crippen molar-refractivity contribution in [2.45, 2.75) is 19.9 Å². The molecule has 112 valence electrons. The largest absolute Gasteiger partial charge is 0.495 e. The summed E-state index contributed by atoms with van der Waals surface area (Å²) in [5.74, 6) is 1.50. The Morgan fingerprint density at radius 2 is 1.80 bits per heavy atom. The lowest BCUT2D eigenvalue weighted by atomic mass is 10.0. The predicted molar refractivity (Wildman–Crippen MR) is 84.5 cm³/mol. The molecule has 2 rings (SSSR count). The first-order valence-corrected chi connectivity index (χ1v) is 7.47. The predicted octanol–water partition coefficient (Wildman–Crippen LogP) is 1.80. The Kier molecular flexibility index (Phi) is 5.26. The molecule has 0 amide bonds. The molecule has 1 saturated heterocycles. The third-order valence-corrected chi connectivity index (χ3v) is 4.12. The maximum absolute atomic E-state index is 6.16. The minimum Gasteiger partial charge on any atom is -0.495 e. The molecule has 0 unspecified atom stereocenters. The zero-order valence-electron chi connectivity index (χ0n) is 12.9. The van der Waals surface area contributed by atoms with Crippen LogP contribution in [-0.4, -0.2) is 50.8 Å². The summed E-state index contributed by atoms with van der Waals surface area (Å²) in [6, 6.07) is 8.51. The van der Waals surface area contributed by atoms with Crippen LogP contribution in [0.2, 0.25) is 0 Å². The molecule has 4 heteroatoms. The second-order valence-electron chi connectivity index (χ2n) is 5.87. The minimum atomic E-state index is 0.271. The molecule has 1 atom stereocenters. The Balaban J connectivity index is 1.91. The van der Waals surface area contributed by atoms with Crippen molar-refractivity contribution in [3.8, 4) is 5.75 Å². The lowest BCUT2D eigenvalue weighted by Crippen LogP contribution is -2.50. The van der Waals surface area contributed by atoms with Gasteiger partial charge in [0.25, 0.3) is 0 Å². The van der Waals surface area contributed by atoms with Gasteiger partial charge >= 0.3 is 0 Å². The van der Waals surface area contributed by atoms with Gasteiger partial charge in [-0.1, -0.05) is 26.0 Å². The number of ether oxygens (including phenoxy) is 1. The first-order chi connectivity index (χ1) is 9.61. The van der Waals surface area contributed by atoms with E-state index in [1.807, 2.05) is 12.1 Å². The highest BCUT2D eigenvalue weighted by atomic mass is 16.5. The molecule has 4 nitrogen and oxygen atoms in total. The number of rotatable bonds is 5. The average Bonchev–Trinajstić information content (AvgIpc) is 2.48. The van der Waals surface area contributed by atoms with Gasteiger partial charge in [-0.3, -0.25) is 4.90 Å². The molecule has 1 aromatic rings. The van der Waals surface area contributed by atoms with Crippen molar-refractivity contribution in [3.63, 3.8) is 0 Å². The Hall–Kier alpha value is -1.26. The van der Waals surface area contributed by atoms with E-state index < -0.39 is 0 Å². The van der Waals surface area contributed by atoms with E-state index in [0.717, 1.165) is 38.5 Å². The monoisotopic (exact) mass is 277 g/mol. The van der Waals surface area contributed by atoms with E-state index in [-0.39, 0.29) is 6.04 Å². The van der Waals surface area contributed by atoms with Gasteiger partial charge in [0.2, 0.25) is 0 Å². The highest BCUT2D eigenvalue weighted by Crippen LogP contribution is 2.28. The molecule has 0 bridgehead atoms. The second kappa shape index (κ2) is 6.95. The van der Waals surface area contributed by atoms with Gasteiger partial charge in [0.05, 0.1) is 12.8 Å². The molecule has 1 aliphatic heterocycles. The van der Waals surface area contributed by atoms with E-state index in [2.05, 4.69) is 35.8 Å². The maximum atomic E-state index is 6.16. The highest BCUT2D eigenvalue weighted by Gasteiger charge is 2.21. The Morgan fingerprint density at radius 1 is 1.15 bits per heavy atom. The van der Waals surface area contributed by atoms with Gasteiger partial charge in [0, 0.05) is 38.8 Å². The molecule has 0 spiro atoms. The van der Waals surface area contributed by atoms with E-state index >= 15 is 0 Å². The molecular weight excluding hydrogens is 250 g/mol. The Bertz CT molecular complexity index is 414. The number of methoxy groups -OCH3 is 1. The van der Waals surface area contributed by atoms with Gasteiger partial charge in [-0.25, -0.2) is 0 Å². The number of nitrogens with zero attached hydrogens (tertiary/aromatic N) is 2. The van der Waals surface area contributed by atoms with Crippen LogP contribution in [0, 0.1) is 5.92 Å². The van der Waals surface area contributed by atoms with Crippen LogP contribution in [0.3, 0.4) is 0 Å². The number of hydrogen-bond donors (Lipinski definition) is 1. The molecule has 1 aromatic carbocycles. The topological polar surface area (TPSA) is 41.7 Å². The van der Waals surface area contributed by atoms with Gasteiger partial charge < -0.3 is 15.4 Å². The van der Waals surface area contributed by atoms with Crippen LogP contribution in [0.1, 0.15) is 13.8 Å². The number of piperazine rings is 1. The quantitative estimate of drug-likeness (QED) is 0.891. The molecule has 1 aliphatic rings. The fourth-order valence-corrected chi connectivity index (χ4v) is 2.57. The Labute approximate surface area is 122 Å². The number of anilines is 1. The SMILES string of the molecule is COc1ccccc1N1CCN(C[C@@H](N)C(C)C)CC1. The summed E-state index contributed by atoms with van der Waals surface area (Å²) >= 11 is 0. The van der Waals surface area contributed by atoms with Crippen molar-refractivity contribution in [1.82, 2.24) is 4.90 Å². The van der Waals surface area contributed by atoms with E-state index in [0.29, 0.717) is 5.92 Å². The third-order valence-electron chi connectivity index (χ3n) is 4.12. The van der Waals surface area contributed by atoms with E-state index in [1.54, 1.807) is 7.11 Å². The number of nitrogens with two attached hydrogens (primary N) is 1. The summed E-state index contributed by atoms with van der Waals surface area (Å²) in [6.45, 7) is 9.58. The molecule has 0 aromatic heterocycles. The molecule has 0 radical (unpaired) electrons. The fraction of sp³-hybridized carbons (Fsp3) is 0.625. The molecule has 0 aliphatic carbocycles. The smallest absolute Gasteiger partial charge is 0.142 e. The first kappa shape index (κ1) is 15.1. The number of benzene rings is 1. The van der Waals surface area contributed by atoms with Gasteiger partial charge in [-0.05, 0) is 18.1 Å². The second-order valence-corrected chi connectivity index (χ2v) is 5.87. The van der Waals surface area contributed by atoms with E-state index in [1.165, 1.54) is 5.69 Å². The fourth-order valence-electron chi connectivity index (χ4n) is 2.57. The van der Waals surface area contributed by atoms with Crippen LogP contribution in [0.5, 0.6) is 5.75 Å². The number of hydrogen-bond acceptors (Lipinski definition) is 4. The van der Waals surface area contributed by atoms with Crippen molar-refractivity contribution in [2.75, 3.05) is 44.7 Å². The lowest BCUT2D eigenvalue weighted by Gasteiger charge is -2.38. The standard InChI is InChI=1S/C16H27N3O/c1-13(2)14(17)12-18-8-10-19(11-9-18)15-6-4-5-7-16(15)20-3/h4-7,13-14H,8-12,17H2,1-3H3/t14-/m1/s1. The molecule has 1 fully saturated rings. The molecule has 0 saturated carbocycles. The maximum Gasteiger partial charge on any atom is 0.142 e. The van der Waals surface area contributed by atoms with Crippen LogP contribution in [0.25, 0.3) is 0 Å². The molecule has 20 heavy (non-hydrogen) atoms. The summed E-state index contributed by atoms with van der Waals surface area (Å²) in [6.07, 6.45) is 0. The lowest BCUT2D eigenvalue weighted by molar-refractivity contribution is 0.225. The summed E-state index contributed by atoms with van der Waals surface area (Å²) in [5, 5.41) is 0. The van der Waals surface area contributed by atoms with Crippen LogP contribution < -0.4 is 15.4 Å². The highest BCUT2D eigenvalue weighted by molar-refractivity contribution is 5.58. The summed E-state index contributed by atoms with van der Waals surface area (Å²) < 4.78 is 5.45. The zero-order chi connectivity index (χ0) is 14.5. The minimum absolute atomic E-state index is 0.271. The molecular formula is C16H27N3O. The van der Waals surface area contributed by atoms with Crippen molar-refractivity contribution >= 4 is 5.69 Å². The van der Waals surface area contributed by atoms with Crippen molar-refractivity contribution < 1.29 is 4.74 Å². The van der Waals surface area contributed by atoms with Gasteiger partial charge in [0.15, 0.2) is 0 Å². The van der Waals surface area contributed by atoms with E-state index in [9.17, 15) is 0 Å². The van der Waals surface area contributed by atoms with Crippen LogP contribution in [0.4, 0.5) is 5.69 Å². The van der Waals surface area contributed by atoms with Crippen LogP contribution >= 0.6 is 0 Å². The third kappa shape index (κ3) is 3.64. The first-order valence-electron chi connectivity index (χ1n) is 7.47. The summed E-state index contributed by atoms with van der Waals surface area (Å²) in [7, 11) is 1.73. The van der Waals surface area contributed by atoms with E-state index in [4.69, 9.17) is 10.5 Å². The van der Waals surface area contributed by atoms with Crippen LogP contribution in [0.15, 0.2) is 24.3 Å².